The molecule has 1 atom stereocenters. The van der Waals surface area contributed by atoms with Gasteiger partial charge in [-0.05, 0) is 53.1 Å². The highest BCUT2D eigenvalue weighted by molar-refractivity contribution is 5.68. The molecule has 1 unspecified atom stereocenters. The highest BCUT2D eigenvalue weighted by Gasteiger charge is 2.20. The van der Waals surface area contributed by atoms with E-state index in [2.05, 4.69) is 10.2 Å². The molecule has 1 amide bonds. The lowest BCUT2D eigenvalue weighted by atomic mass is 10.2. The number of hydrogen-bond acceptors (Lipinski definition) is 4. The van der Waals surface area contributed by atoms with E-state index in [0.29, 0.717) is 6.54 Å². The minimum atomic E-state index is -0.460. The lowest BCUT2D eigenvalue weighted by Gasteiger charge is -2.24. The number of carbonyl (C=O) groups is 1. The van der Waals surface area contributed by atoms with Gasteiger partial charge in [0.1, 0.15) is 5.60 Å². The molecule has 1 aliphatic heterocycles. The fourth-order valence-electron chi connectivity index (χ4n) is 2.07. The number of nitrogens with two attached hydrogens (primary N) is 1. The third-order valence-electron chi connectivity index (χ3n) is 3.00. The van der Waals surface area contributed by atoms with Crippen LogP contribution in [0.5, 0.6) is 0 Å². The van der Waals surface area contributed by atoms with Crippen LogP contribution >= 0.6 is 0 Å². The average Bonchev–Trinajstić information content (AvgIpc) is 2.74. The van der Waals surface area contributed by atoms with Crippen molar-refractivity contribution in [3.8, 4) is 0 Å². The Hall–Kier alpha value is -0.810. The first-order valence-electron chi connectivity index (χ1n) is 6.82. The number of hydrogen-bond donors (Lipinski definition) is 2. The van der Waals surface area contributed by atoms with Crippen LogP contribution in [0.15, 0.2) is 0 Å². The van der Waals surface area contributed by atoms with Crippen molar-refractivity contribution in [2.75, 3.05) is 26.2 Å². The number of likely N-dealkylation sites (tertiary alicyclic amines) is 1. The summed E-state index contributed by atoms with van der Waals surface area (Å²) in [6.45, 7) is 9.36. The topological polar surface area (TPSA) is 67.6 Å². The van der Waals surface area contributed by atoms with Gasteiger partial charge in [0.25, 0.3) is 0 Å². The monoisotopic (exact) mass is 257 g/mol. The summed E-state index contributed by atoms with van der Waals surface area (Å²) < 4.78 is 5.22. The number of nitrogens with one attached hydrogen (secondary N) is 1. The van der Waals surface area contributed by atoms with E-state index in [0.717, 1.165) is 13.0 Å². The van der Waals surface area contributed by atoms with Crippen molar-refractivity contribution >= 4 is 6.09 Å². The largest absolute Gasteiger partial charge is 0.444 e. The molecule has 0 spiro atoms. The van der Waals surface area contributed by atoms with E-state index in [1.165, 1.54) is 25.9 Å². The fraction of sp³-hybridized carbons (Fsp3) is 0.923. The maximum absolute atomic E-state index is 11.6. The van der Waals surface area contributed by atoms with Gasteiger partial charge < -0.3 is 20.7 Å². The van der Waals surface area contributed by atoms with E-state index in [-0.39, 0.29) is 12.1 Å². The minimum absolute atomic E-state index is 0.000417. The summed E-state index contributed by atoms with van der Waals surface area (Å²) in [5.41, 5.74) is 5.22. The van der Waals surface area contributed by atoms with Gasteiger partial charge in [-0.25, -0.2) is 4.79 Å². The van der Waals surface area contributed by atoms with Crippen molar-refractivity contribution in [2.24, 2.45) is 5.73 Å². The molecular formula is C13H27N3O2. The molecule has 0 aliphatic carbocycles. The fourth-order valence-corrected chi connectivity index (χ4v) is 2.07. The first-order chi connectivity index (χ1) is 8.40. The van der Waals surface area contributed by atoms with Crippen LogP contribution in [0.4, 0.5) is 4.79 Å². The summed E-state index contributed by atoms with van der Waals surface area (Å²) in [4.78, 5) is 14.0. The maximum atomic E-state index is 11.6. The van der Waals surface area contributed by atoms with Gasteiger partial charge in [-0.1, -0.05) is 0 Å². The smallest absolute Gasteiger partial charge is 0.407 e. The van der Waals surface area contributed by atoms with Crippen LogP contribution in [0, 0.1) is 0 Å². The van der Waals surface area contributed by atoms with Crippen LogP contribution in [0.25, 0.3) is 0 Å². The third kappa shape index (κ3) is 6.21. The zero-order chi connectivity index (χ0) is 13.6. The SMILES string of the molecule is CC(C)(C)OC(=O)NC(CN)CCN1CCCC1. The Labute approximate surface area is 110 Å². The average molecular weight is 257 g/mol. The normalized spacial score (nSPS) is 18.7. The molecule has 0 bridgehead atoms. The zero-order valence-corrected chi connectivity index (χ0v) is 11.9. The summed E-state index contributed by atoms with van der Waals surface area (Å²) in [7, 11) is 0. The molecule has 5 nitrogen and oxygen atoms in total. The molecule has 1 fully saturated rings. The molecule has 18 heavy (non-hydrogen) atoms. The molecule has 1 aliphatic rings. The van der Waals surface area contributed by atoms with Crippen molar-refractivity contribution in [1.82, 2.24) is 10.2 Å². The van der Waals surface area contributed by atoms with Crippen molar-refractivity contribution in [3.63, 3.8) is 0 Å². The molecule has 3 N–H and O–H groups in total. The van der Waals surface area contributed by atoms with E-state index < -0.39 is 5.60 Å². The number of carbonyl (C=O) groups excluding carboxylic acids is 1. The molecule has 5 heteroatoms. The van der Waals surface area contributed by atoms with Crippen LogP contribution < -0.4 is 11.1 Å². The molecule has 0 radical (unpaired) electrons. The van der Waals surface area contributed by atoms with Crippen molar-refractivity contribution < 1.29 is 9.53 Å². The van der Waals surface area contributed by atoms with Gasteiger partial charge in [0.15, 0.2) is 0 Å². The van der Waals surface area contributed by atoms with Gasteiger partial charge in [-0.15, -0.1) is 0 Å². The number of ether oxygens (including phenoxy) is 1. The van der Waals surface area contributed by atoms with Crippen LogP contribution in [-0.4, -0.2) is 48.8 Å². The molecular weight excluding hydrogens is 230 g/mol. The first-order valence-corrected chi connectivity index (χ1v) is 6.82. The van der Waals surface area contributed by atoms with Crippen LogP contribution in [0.3, 0.4) is 0 Å². The van der Waals surface area contributed by atoms with Crippen LogP contribution in [0.2, 0.25) is 0 Å². The van der Waals surface area contributed by atoms with Crippen molar-refractivity contribution in [1.29, 1.82) is 0 Å². The highest BCUT2D eigenvalue weighted by Crippen LogP contribution is 2.09. The summed E-state index contributed by atoms with van der Waals surface area (Å²) in [5, 5.41) is 2.83. The van der Waals surface area contributed by atoms with Crippen LogP contribution in [-0.2, 0) is 4.74 Å². The van der Waals surface area contributed by atoms with Crippen molar-refractivity contribution in [2.45, 2.75) is 51.7 Å². The van der Waals surface area contributed by atoms with Gasteiger partial charge >= 0.3 is 6.09 Å². The second-order valence-electron chi connectivity index (χ2n) is 5.92. The maximum Gasteiger partial charge on any atom is 0.407 e. The lowest BCUT2D eigenvalue weighted by Crippen LogP contribution is -2.44. The van der Waals surface area contributed by atoms with E-state index in [1.807, 2.05) is 20.8 Å². The van der Waals surface area contributed by atoms with Gasteiger partial charge in [0, 0.05) is 19.1 Å². The van der Waals surface area contributed by atoms with Gasteiger partial charge in [-0.3, -0.25) is 0 Å². The Morgan fingerprint density at radius 2 is 2.00 bits per heavy atom. The molecule has 1 rings (SSSR count). The summed E-state index contributed by atoms with van der Waals surface area (Å²) >= 11 is 0. The van der Waals surface area contributed by atoms with Gasteiger partial charge in [0.05, 0.1) is 0 Å². The number of nitrogens with zero attached hydrogens (tertiary/aromatic N) is 1. The Morgan fingerprint density at radius 1 is 1.39 bits per heavy atom. The van der Waals surface area contributed by atoms with Gasteiger partial charge in [-0.2, -0.15) is 0 Å². The number of alkyl carbamates (subject to hydrolysis) is 1. The molecule has 0 aromatic carbocycles. The molecule has 0 saturated carbocycles. The Kier molecular flexibility index (Phi) is 5.88. The molecule has 106 valence electrons. The summed E-state index contributed by atoms with van der Waals surface area (Å²) in [5.74, 6) is 0. The standard InChI is InChI=1S/C13H27N3O2/c1-13(2,3)18-12(17)15-11(10-14)6-9-16-7-4-5-8-16/h11H,4-10,14H2,1-3H3,(H,15,17). The first kappa shape index (κ1) is 15.2. The molecule has 0 aromatic heterocycles. The van der Waals surface area contributed by atoms with E-state index in [4.69, 9.17) is 10.5 Å². The van der Waals surface area contributed by atoms with Gasteiger partial charge in [0.2, 0.25) is 0 Å². The molecule has 1 heterocycles. The molecule has 1 saturated heterocycles. The Balaban J connectivity index is 2.25. The zero-order valence-electron chi connectivity index (χ0n) is 11.9. The third-order valence-corrected chi connectivity index (χ3v) is 3.00. The predicted octanol–water partition coefficient (Wildman–Crippen LogP) is 1.32. The van der Waals surface area contributed by atoms with Crippen molar-refractivity contribution in [3.05, 3.63) is 0 Å². The van der Waals surface area contributed by atoms with E-state index in [1.54, 1.807) is 0 Å². The van der Waals surface area contributed by atoms with Crippen LogP contribution in [0.1, 0.15) is 40.0 Å². The number of rotatable bonds is 5. The summed E-state index contributed by atoms with van der Waals surface area (Å²) in [6, 6.07) is 0.000417. The van der Waals surface area contributed by atoms with E-state index in [9.17, 15) is 4.79 Å². The lowest BCUT2D eigenvalue weighted by molar-refractivity contribution is 0.0501. The summed E-state index contributed by atoms with van der Waals surface area (Å²) in [6.07, 6.45) is 3.08. The number of amides is 1. The predicted molar refractivity (Wildman–Crippen MR) is 72.5 cm³/mol. The Bertz CT molecular complexity index is 257. The Morgan fingerprint density at radius 3 is 2.50 bits per heavy atom. The van der Waals surface area contributed by atoms with E-state index >= 15 is 0 Å². The highest BCUT2D eigenvalue weighted by atomic mass is 16.6. The second-order valence-corrected chi connectivity index (χ2v) is 5.92. The minimum Gasteiger partial charge on any atom is -0.444 e. The second kappa shape index (κ2) is 6.95. The quantitative estimate of drug-likeness (QED) is 0.779. The molecule has 0 aromatic rings.